The molecule has 0 aliphatic heterocycles. The zero-order valence-corrected chi connectivity index (χ0v) is 18.5. The number of hydrogen-bond donors (Lipinski definition) is 3. The number of fused-ring (bicyclic) bond motifs is 1. The van der Waals surface area contributed by atoms with Crippen molar-refractivity contribution in [3.8, 4) is 10.7 Å². The summed E-state index contributed by atoms with van der Waals surface area (Å²) in [4.78, 5) is 29.6. The van der Waals surface area contributed by atoms with Crippen LogP contribution in [-0.2, 0) is 20.7 Å². The summed E-state index contributed by atoms with van der Waals surface area (Å²) >= 11 is 6.85. The monoisotopic (exact) mass is 455 g/mol. The summed E-state index contributed by atoms with van der Waals surface area (Å²) in [7, 11) is 1.31. The molecular weight excluding hydrogens is 434 g/mol. The van der Waals surface area contributed by atoms with Crippen molar-refractivity contribution in [2.45, 2.75) is 25.4 Å². The number of nitrogens with zero attached hydrogens (tertiary/aromatic N) is 2. The fourth-order valence-corrected chi connectivity index (χ4v) is 4.51. The molecule has 0 bridgehead atoms. The third-order valence-electron chi connectivity index (χ3n) is 5.11. The molecule has 1 aromatic carbocycles. The van der Waals surface area contributed by atoms with Crippen LogP contribution in [0.5, 0.6) is 0 Å². The Bertz CT molecular complexity index is 1270. The van der Waals surface area contributed by atoms with Gasteiger partial charge >= 0.3 is 5.97 Å². The number of para-hydroxylation sites is 1. The van der Waals surface area contributed by atoms with E-state index >= 15 is 0 Å². The molecule has 3 N–H and O–H groups in total. The first-order valence-electron chi connectivity index (χ1n) is 9.63. The van der Waals surface area contributed by atoms with Crippen LogP contribution in [0.4, 0.5) is 0 Å². The molecule has 10 heteroatoms. The highest BCUT2D eigenvalue weighted by Crippen LogP contribution is 2.26. The molecular formula is C21H21N5O3S2. The fourth-order valence-electron chi connectivity index (χ4n) is 3.51. The van der Waals surface area contributed by atoms with Gasteiger partial charge in [0.2, 0.25) is 5.91 Å². The van der Waals surface area contributed by atoms with Crippen molar-refractivity contribution in [2.75, 3.05) is 7.11 Å². The normalized spacial score (nSPS) is 13.1. The molecule has 0 saturated heterocycles. The Labute approximate surface area is 187 Å². The number of carbonyl (C=O) groups is 2. The summed E-state index contributed by atoms with van der Waals surface area (Å²) in [5, 5.41) is 12.8. The molecule has 1 amide bonds. The number of H-pyrrole nitrogens is 2. The largest absolute Gasteiger partial charge is 0.467 e. The summed E-state index contributed by atoms with van der Waals surface area (Å²) in [5.41, 5.74) is 1.88. The topological polar surface area (TPSA) is 105 Å². The van der Waals surface area contributed by atoms with Crippen LogP contribution in [0.3, 0.4) is 0 Å². The molecule has 31 heavy (non-hydrogen) atoms. The van der Waals surface area contributed by atoms with E-state index in [0.717, 1.165) is 21.3 Å². The predicted molar refractivity (Wildman–Crippen MR) is 121 cm³/mol. The van der Waals surface area contributed by atoms with E-state index in [1.165, 1.54) is 18.4 Å². The Morgan fingerprint density at radius 3 is 2.84 bits per heavy atom. The van der Waals surface area contributed by atoms with Crippen molar-refractivity contribution in [2.24, 2.45) is 0 Å². The Kier molecular flexibility index (Phi) is 6.01. The van der Waals surface area contributed by atoms with E-state index in [2.05, 4.69) is 20.5 Å². The Morgan fingerprint density at radius 2 is 2.10 bits per heavy atom. The second kappa shape index (κ2) is 8.86. The van der Waals surface area contributed by atoms with E-state index in [1.54, 1.807) is 11.5 Å². The molecule has 0 aliphatic carbocycles. The first kappa shape index (κ1) is 21.0. The molecule has 3 heterocycles. The summed E-state index contributed by atoms with van der Waals surface area (Å²) in [6.07, 6.45) is 2.14. The first-order valence-corrected chi connectivity index (χ1v) is 10.9. The zero-order chi connectivity index (χ0) is 22.0. The number of thiophene rings is 1. The van der Waals surface area contributed by atoms with Crippen LogP contribution < -0.4 is 5.32 Å². The van der Waals surface area contributed by atoms with Gasteiger partial charge in [0.15, 0.2) is 10.6 Å². The van der Waals surface area contributed by atoms with Gasteiger partial charge in [0.25, 0.3) is 0 Å². The highest BCUT2D eigenvalue weighted by molar-refractivity contribution is 7.71. The lowest BCUT2D eigenvalue weighted by molar-refractivity contribution is -0.145. The number of ether oxygens (including phenoxy) is 1. The quantitative estimate of drug-likeness (QED) is 0.292. The molecule has 8 nitrogen and oxygen atoms in total. The van der Waals surface area contributed by atoms with Crippen LogP contribution in [0.25, 0.3) is 21.6 Å². The van der Waals surface area contributed by atoms with Gasteiger partial charge in [-0.05, 0) is 42.2 Å². The second-order valence-corrected chi connectivity index (χ2v) is 8.36. The maximum absolute atomic E-state index is 13.1. The van der Waals surface area contributed by atoms with Crippen molar-refractivity contribution in [1.29, 1.82) is 0 Å². The molecule has 3 aromatic heterocycles. The Balaban J connectivity index is 1.58. The van der Waals surface area contributed by atoms with Crippen LogP contribution in [-0.4, -0.2) is 44.8 Å². The van der Waals surface area contributed by atoms with Crippen molar-refractivity contribution in [3.63, 3.8) is 0 Å². The van der Waals surface area contributed by atoms with E-state index < -0.39 is 18.1 Å². The van der Waals surface area contributed by atoms with E-state index in [0.29, 0.717) is 17.0 Å². The van der Waals surface area contributed by atoms with E-state index in [1.807, 2.05) is 48.0 Å². The van der Waals surface area contributed by atoms with Crippen molar-refractivity contribution < 1.29 is 14.3 Å². The molecule has 0 fully saturated rings. The maximum atomic E-state index is 13.1. The summed E-state index contributed by atoms with van der Waals surface area (Å²) in [6, 6.07) is 10.1. The molecule has 4 rings (SSSR count). The third kappa shape index (κ3) is 4.17. The minimum Gasteiger partial charge on any atom is -0.467 e. The molecule has 0 radical (unpaired) electrons. The lowest BCUT2D eigenvalue weighted by atomic mass is 10.0. The summed E-state index contributed by atoms with van der Waals surface area (Å²) in [6.45, 7) is 1.72. The number of hydrogen-bond acceptors (Lipinski definition) is 6. The van der Waals surface area contributed by atoms with Gasteiger partial charge in [-0.1, -0.05) is 24.3 Å². The van der Waals surface area contributed by atoms with Gasteiger partial charge in [-0.2, -0.15) is 5.10 Å². The first-order chi connectivity index (χ1) is 15.0. The number of carbonyl (C=O) groups excluding carboxylic acids is 2. The number of esters is 1. The molecule has 0 aliphatic rings. The number of rotatable bonds is 7. The van der Waals surface area contributed by atoms with Crippen molar-refractivity contribution in [1.82, 2.24) is 25.1 Å². The standard InChI is InChI=1S/C21H21N5O3S2/c1-12(26-18(24-25-21(26)30)17-8-5-9-31-17)19(27)23-16(20(28)29-2)10-13-11-22-15-7-4-3-6-14(13)15/h3-9,11-12,16,22H,10H2,1-2H3,(H,23,27)(H,25,30)/t12?,16-/m1/s1. The van der Waals surface area contributed by atoms with Crippen LogP contribution in [0, 0.1) is 4.77 Å². The number of aromatic amines is 2. The summed E-state index contributed by atoms with van der Waals surface area (Å²) in [5.74, 6) is -0.292. The highest BCUT2D eigenvalue weighted by atomic mass is 32.1. The Morgan fingerprint density at radius 1 is 1.29 bits per heavy atom. The van der Waals surface area contributed by atoms with Crippen LogP contribution in [0.15, 0.2) is 48.0 Å². The summed E-state index contributed by atoms with van der Waals surface area (Å²) < 4.78 is 6.92. The average molecular weight is 456 g/mol. The molecule has 4 aromatic rings. The second-order valence-electron chi connectivity index (χ2n) is 7.02. The van der Waals surface area contributed by atoms with Gasteiger partial charge < -0.3 is 15.0 Å². The van der Waals surface area contributed by atoms with Crippen LogP contribution in [0.2, 0.25) is 0 Å². The smallest absolute Gasteiger partial charge is 0.328 e. The number of nitrogens with one attached hydrogen (secondary N) is 3. The Hall–Kier alpha value is -3.24. The van der Waals surface area contributed by atoms with Gasteiger partial charge in [0.05, 0.1) is 12.0 Å². The number of benzene rings is 1. The minimum atomic E-state index is -0.842. The number of aromatic nitrogens is 4. The van der Waals surface area contributed by atoms with Crippen molar-refractivity contribution in [3.05, 3.63) is 58.3 Å². The van der Waals surface area contributed by atoms with Gasteiger partial charge in [-0.25, -0.2) is 4.79 Å². The van der Waals surface area contributed by atoms with Gasteiger partial charge in [-0.15, -0.1) is 11.3 Å². The number of amides is 1. The fraction of sp³-hybridized carbons (Fsp3) is 0.238. The molecule has 160 valence electrons. The SMILES string of the molecule is COC(=O)[C@@H](Cc1c[nH]c2ccccc12)NC(=O)C(C)n1c(-c2cccs2)n[nH]c1=S. The van der Waals surface area contributed by atoms with Crippen LogP contribution in [0.1, 0.15) is 18.5 Å². The zero-order valence-electron chi connectivity index (χ0n) is 16.9. The predicted octanol–water partition coefficient (Wildman–Crippen LogP) is 3.61. The van der Waals surface area contributed by atoms with Crippen molar-refractivity contribution >= 4 is 46.3 Å². The van der Waals surface area contributed by atoms with Crippen LogP contribution >= 0.6 is 23.6 Å². The van der Waals surface area contributed by atoms with E-state index in [9.17, 15) is 9.59 Å². The third-order valence-corrected chi connectivity index (χ3v) is 6.27. The van der Waals surface area contributed by atoms with Gasteiger partial charge in [-0.3, -0.25) is 14.5 Å². The van der Waals surface area contributed by atoms with Gasteiger partial charge in [0, 0.05) is 23.5 Å². The number of methoxy groups -OCH3 is 1. The lowest BCUT2D eigenvalue weighted by Gasteiger charge is -2.20. The molecule has 0 spiro atoms. The van der Waals surface area contributed by atoms with E-state index in [-0.39, 0.29) is 5.91 Å². The van der Waals surface area contributed by atoms with Gasteiger partial charge in [0.1, 0.15) is 12.1 Å². The van der Waals surface area contributed by atoms with E-state index in [4.69, 9.17) is 17.0 Å². The molecule has 2 atom stereocenters. The molecule has 0 saturated carbocycles. The molecule has 1 unspecified atom stereocenters. The maximum Gasteiger partial charge on any atom is 0.328 e. The lowest BCUT2D eigenvalue weighted by Crippen LogP contribution is -2.45. The minimum absolute atomic E-state index is 0.295. The highest BCUT2D eigenvalue weighted by Gasteiger charge is 2.28. The average Bonchev–Trinajstić information content (AvgIpc) is 3.52.